The van der Waals surface area contributed by atoms with Crippen LogP contribution in [0.3, 0.4) is 0 Å². The monoisotopic (exact) mass is 443 g/mol. The normalized spacial score (nSPS) is 11.0. The zero-order valence-electron chi connectivity index (χ0n) is 20.4. The van der Waals surface area contributed by atoms with Gasteiger partial charge in [0.1, 0.15) is 0 Å². The molecule has 0 unspecified atom stereocenters. The van der Waals surface area contributed by atoms with Crippen molar-refractivity contribution in [2.45, 2.75) is 20.8 Å². The minimum absolute atomic E-state index is 1.05. The van der Waals surface area contributed by atoms with Gasteiger partial charge >= 0.3 is 0 Å². The van der Waals surface area contributed by atoms with Crippen molar-refractivity contribution in [2.24, 2.45) is 0 Å². The van der Waals surface area contributed by atoms with Gasteiger partial charge < -0.3 is 4.90 Å². The molecule has 0 saturated carbocycles. The highest BCUT2D eigenvalue weighted by Crippen LogP contribution is 2.35. The molecule has 4 aromatic rings. The quantitative estimate of drug-likeness (QED) is 0.257. The van der Waals surface area contributed by atoms with Crippen molar-refractivity contribution in [2.75, 3.05) is 4.90 Å². The van der Waals surface area contributed by atoms with Crippen LogP contribution in [0.2, 0.25) is 0 Å². The van der Waals surface area contributed by atoms with Gasteiger partial charge in [-0.15, -0.1) is 0 Å². The molecule has 34 heavy (non-hydrogen) atoms. The molecule has 1 heteroatoms. The van der Waals surface area contributed by atoms with Crippen LogP contribution in [0.4, 0.5) is 11.4 Å². The average Bonchev–Trinajstić information content (AvgIpc) is 2.92. The van der Waals surface area contributed by atoms with Crippen LogP contribution >= 0.6 is 0 Å². The van der Waals surface area contributed by atoms with Gasteiger partial charge in [0.15, 0.2) is 0 Å². The van der Waals surface area contributed by atoms with E-state index in [9.17, 15) is 0 Å². The molecule has 0 heterocycles. The van der Waals surface area contributed by atoms with Crippen LogP contribution in [0.15, 0.2) is 146 Å². The summed E-state index contributed by atoms with van der Waals surface area (Å²) in [6, 6.07) is 38.3. The molecule has 0 radical (unpaired) electrons. The van der Waals surface area contributed by atoms with Crippen molar-refractivity contribution in [3.05, 3.63) is 146 Å². The smallest absolute Gasteiger partial charge is 0.0467 e. The SMILES string of the molecule is C=C/C=C(\C=C/C)N(c1cccc(-c2ccccc2)c1)c1cccc(-c2ccccc2)c1.CC. The molecule has 0 saturated heterocycles. The highest BCUT2D eigenvalue weighted by Gasteiger charge is 2.14. The first-order valence-electron chi connectivity index (χ1n) is 11.9. The molecule has 0 aliphatic heterocycles. The second-order valence-corrected chi connectivity index (χ2v) is 7.50. The fourth-order valence-corrected chi connectivity index (χ4v) is 3.85. The zero-order chi connectivity index (χ0) is 24.2. The Bertz CT molecular complexity index is 1150. The second kappa shape index (κ2) is 12.8. The maximum atomic E-state index is 3.95. The topological polar surface area (TPSA) is 3.24 Å². The lowest BCUT2D eigenvalue weighted by atomic mass is 10.0. The summed E-state index contributed by atoms with van der Waals surface area (Å²) in [7, 11) is 0. The molecular weight excluding hydrogens is 410 g/mol. The Labute approximate surface area is 205 Å². The molecular formula is C33H33N. The molecule has 1 nitrogen and oxygen atoms in total. The molecule has 0 fully saturated rings. The molecule has 0 aliphatic rings. The second-order valence-electron chi connectivity index (χ2n) is 7.50. The molecule has 4 aromatic carbocycles. The van der Waals surface area contributed by atoms with Crippen molar-refractivity contribution in [1.29, 1.82) is 0 Å². The summed E-state index contributed by atoms with van der Waals surface area (Å²) < 4.78 is 0. The first kappa shape index (κ1) is 24.5. The van der Waals surface area contributed by atoms with E-state index in [4.69, 9.17) is 0 Å². The Morgan fingerprint density at radius 3 is 1.47 bits per heavy atom. The van der Waals surface area contributed by atoms with Crippen LogP contribution in [0.5, 0.6) is 0 Å². The van der Waals surface area contributed by atoms with Crippen molar-refractivity contribution >= 4 is 11.4 Å². The van der Waals surface area contributed by atoms with Crippen LogP contribution in [0.25, 0.3) is 22.3 Å². The molecule has 0 aromatic heterocycles. The maximum absolute atomic E-state index is 3.95. The number of nitrogens with zero attached hydrogens (tertiary/aromatic N) is 1. The summed E-state index contributed by atoms with van der Waals surface area (Å²) in [4.78, 5) is 2.28. The van der Waals surface area contributed by atoms with Crippen LogP contribution in [0, 0.1) is 0 Å². The van der Waals surface area contributed by atoms with Crippen LogP contribution in [-0.2, 0) is 0 Å². The number of anilines is 2. The Morgan fingerprint density at radius 2 is 1.06 bits per heavy atom. The van der Waals surface area contributed by atoms with E-state index in [0.29, 0.717) is 0 Å². The van der Waals surface area contributed by atoms with E-state index in [1.54, 1.807) is 0 Å². The number of allylic oxidation sites excluding steroid dienone is 4. The number of hydrogen-bond donors (Lipinski definition) is 0. The molecule has 0 aliphatic carbocycles. The Kier molecular flexibility index (Phi) is 9.25. The molecule has 170 valence electrons. The predicted molar refractivity (Wildman–Crippen MR) is 150 cm³/mol. The zero-order valence-corrected chi connectivity index (χ0v) is 20.4. The lowest BCUT2D eigenvalue weighted by Gasteiger charge is -2.27. The number of rotatable bonds is 7. The lowest BCUT2D eigenvalue weighted by molar-refractivity contribution is 1.21. The lowest BCUT2D eigenvalue weighted by Crippen LogP contribution is -2.15. The highest BCUT2D eigenvalue weighted by molar-refractivity contribution is 5.78. The average molecular weight is 444 g/mol. The van der Waals surface area contributed by atoms with Gasteiger partial charge in [0.2, 0.25) is 0 Å². The van der Waals surface area contributed by atoms with Crippen molar-refractivity contribution in [3.63, 3.8) is 0 Å². The van der Waals surface area contributed by atoms with Crippen molar-refractivity contribution in [1.82, 2.24) is 0 Å². The van der Waals surface area contributed by atoms with E-state index in [0.717, 1.165) is 17.1 Å². The summed E-state index contributed by atoms with van der Waals surface area (Å²) in [6.07, 6.45) is 8.06. The van der Waals surface area contributed by atoms with Crippen LogP contribution in [-0.4, -0.2) is 0 Å². The molecule has 0 spiro atoms. The number of hydrogen-bond acceptors (Lipinski definition) is 1. The predicted octanol–water partition coefficient (Wildman–Crippen LogP) is 9.83. The van der Waals surface area contributed by atoms with Crippen molar-refractivity contribution < 1.29 is 0 Å². The standard InChI is InChI=1S/C31H27N.C2H6/c1-3-13-29(14-4-2)32(30-21-11-19-27(23-30)25-15-7-5-8-16-25)31-22-12-20-28(24-31)26-17-9-6-10-18-26;1-2/h3-24H,1H2,2H3;1-2H3/b14-4-,29-13+;. The first-order valence-corrected chi connectivity index (χ1v) is 11.9. The van der Waals surface area contributed by atoms with E-state index >= 15 is 0 Å². The summed E-state index contributed by atoms with van der Waals surface area (Å²) in [5.74, 6) is 0. The van der Waals surface area contributed by atoms with E-state index in [1.807, 2.05) is 45.1 Å². The third-order valence-corrected chi connectivity index (χ3v) is 5.31. The molecule has 0 atom stereocenters. The van der Waals surface area contributed by atoms with Gasteiger partial charge in [0.05, 0.1) is 0 Å². The van der Waals surface area contributed by atoms with Gasteiger partial charge in [-0.05, 0) is 65.6 Å². The maximum Gasteiger partial charge on any atom is 0.0467 e. The highest BCUT2D eigenvalue weighted by atomic mass is 15.1. The minimum Gasteiger partial charge on any atom is -0.310 e. The minimum atomic E-state index is 1.05. The summed E-state index contributed by atoms with van der Waals surface area (Å²) in [5, 5.41) is 0. The first-order chi connectivity index (χ1) is 16.8. The molecule has 0 bridgehead atoms. The van der Waals surface area contributed by atoms with Gasteiger partial charge in [-0.1, -0.05) is 118 Å². The third kappa shape index (κ3) is 6.02. The molecule has 0 amide bonds. The number of benzene rings is 4. The third-order valence-electron chi connectivity index (χ3n) is 5.31. The van der Waals surface area contributed by atoms with E-state index in [-0.39, 0.29) is 0 Å². The van der Waals surface area contributed by atoms with Crippen LogP contribution in [0.1, 0.15) is 20.8 Å². The van der Waals surface area contributed by atoms with Crippen molar-refractivity contribution in [3.8, 4) is 22.3 Å². The largest absolute Gasteiger partial charge is 0.310 e. The van der Waals surface area contributed by atoms with E-state index in [2.05, 4.69) is 121 Å². The summed E-state index contributed by atoms with van der Waals surface area (Å²) >= 11 is 0. The Balaban J connectivity index is 0.00000158. The Morgan fingerprint density at radius 1 is 0.618 bits per heavy atom. The molecule has 0 N–H and O–H groups in total. The van der Waals surface area contributed by atoms with Gasteiger partial charge in [-0.3, -0.25) is 0 Å². The molecule has 4 rings (SSSR count). The van der Waals surface area contributed by atoms with Gasteiger partial charge in [-0.25, -0.2) is 0 Å². The summed E-state index contributed by atoms with van der Waals surface area (Å²) in [6.45, 7) is 9.98. The van der Waals surface area contributed by atoms with E-state index < -0.39 is 0 Å². The van der Waals surface area contributed by atoms with Crippen LogP contribution < -0.4 is 4.90 Å². The fraction of sp³-hybridized carbons (Fsp3) is 0.0909. The summed E-state index contributed by atoms with van der Waals surface area (Å²) in [5.41, 5.74) is 8.03. The van der Waals surface area contributed by atoms with Gasteiger partial charge in [0, 0.05) is 17.1 Å². The van der Waals surface area contributed by atoms with Gasteiger partial charge in [-0.2, -0.15) is 0 Å². The van der Waals surface area contributed by atoms with E-state index in [1.165, 1.54) is 22.3 Å². The fourth-order valence-electron chi connectivity index (χ4n) is 3.85. The Hall–Kier alpha value is -4.10. The van der Waals surface area contributed by atoms with Gasteiger partial charge in [0.25, 0.3) is 0 Å².